The molecule has 2 aromatic rings. The molecule has 0 atom stereocenters. The van der Waals surface area contributed by atoms with Crippen LogP contribution in [0.25, 0.3) is 6.08 Å². The van der Waals surface area contributed by atoms with E-state index < -0.39 is 23.8 Å². The minimum absolute atomic E-state index is 0.164. The maximum atomic E-state index is 13.0. The predicted molar refractivity (Wildman–Crippen MR) is 124 cm³/mol. The third kappa shape index (κ3) is 5.35. The van der Waals surface area contributed by atoms with E-state index in [1.807, 2.05) is 13.8 Å². The monoisotopic (exact) mass is 490 g/mol. The number of imide groups is 2. The Labute approximate surface area is 200 Å². The second-order valence-corrected chi connectivity index (χ2v) is 8.33. The molecule has 0 radical (unpaired) electrons. The van der Waals surface area contributed by atoms with Crippen LogP contribution in [-0.2, 0) is 14.3 Å². The van der Waals surface area contributed by atoms with Gasteiger partial charge in [0.05, 0.1) is 35.0 Å². The Morgan fingerprint density at radius 3 is 2.24 bits per heavy atom. The molecule has 172 valence electrons. The van der Waals surface area contributed by atoms with Crippen LogP contribution in [0.4, 0.5) is 10.5 Å². The summed E-state index contributed by atoms with van der Waals surface area (Å²) in [4.78, 5) is 50.2. The zero-order valence-corrected chi connectivity index (χ0v) is 19.5. The fourth-order valence-corrected chi connectivity index (χ4v) is 3.59. The van der Waals surface area contributed by atoms with Gasteiger partial charge in [-0.2, -0.15) is 0 Å². The second kappa shape index (κ2) is 10.1. The normalized spacial score (nSPS) is 15.2. The zero-order valence-electron chi connectivity index (χ0n) is 18.0. The number of barbiturate groups is 1. The first kappa shape index (κ1) is 24.3. The number of rotatable bonds is 6. The molecular formula is C23H20Cl2N2O6. The number of hydrogen-bond acceptors (Lipinski definition) is 6. The van der Waals surface area contributed by atoms with Gasteiger partial charge in [0.15, 0.2) is 5.75 Å². The molecule has 0 saturated carbocycles. The Hall–Kier alpha value is -3.36. The second-order valence-electron chi connectivity index (χ2n) is 7.51. The standard InChI is InChI=1S/C23H20Cl2N2O6/c1-12(2)11-33-19-17(24)9-13(10-18(19)25)8-16-20(28)26-23(31)27(21(16)29)15-6-4-14(5-7-15)22(30)32-3/h4-10,12H,11H2,1-3H3,(H,26,28,31)/b16-8+. The molecule has 1 heterocycles. The summed E-state index contributed by atoms with van der Waals surface area (Å²) in [6.45, 7) is 4.36. The number of urea groups is 1. The molecule has 0 unspecified atom stereocenters. The highest BCUT2D eigenvalue weighted by Crippen LogP contribution is 2.35. The lowest BCUT2D eigenvalue weighted by atomic mass is 10.1. The van der Waals surface area contributed by atoms with Gasteiger partial charge in [-0.05, 0) is 54.0 Å². The zero-order chi connectivity index (χ0) is 24.3. The Morgan fingerprint density at radius 1 is 1.09 bits per heavy atom. The molecule has 0 aliphatic carbocycles. The van der Waals surface area contributed by atoms with Gasteiger partial charge in [-0.25, -0.2) is 14.5 Å². The molecule has 0 spiro atoms. The summed E-state index contributed by atoms with van der Waals surface area (Å²) in [6.07, 6.45) is 1.28. The lowest BCUT2D eigenvalue weighted by molar-refractivity contribution is -0.122. The van der Waals surface area contributed by atoms with E-state index in [1.54, 1.807) is 0 Å². The fourth-order valence-electron chi connectivity index (χ4n) is 2.97. The number of amides is 4. The molecule has 0 aromatic heterocycles. The predicted octanol–water partition coefficient (Wildman–Crippen LogP) is 4.48. The SMILES string of the molecule is COC(=O)c1ccc(N2C(=O)NC(=O)/C(=C\c3cc(Cl)c(OCC(C)C)c(Cl)c3)C2=O)cc1. The van der Waals surface area contributed by atoms with Crippen molar-refractivity contribution in [2.45, 2.75) is 13.8 Å². The number of benzene rings is 2. The van der Waals surface area contributed by atoms with E-state index in [1.165, 1.54) is 49.6 Å². The number of esters is 1. The fraction of sp³-hybridized carbons (Fsp3) is 0.217. The van der Waals surface area contributed by atoms with Gasteiger partial charge >= 0.3 is 12.0 Å². The van der Waals surface area contributed by atoms with Crippen LogP contribution in [0.15, 0.2) is 42.0 Å². The Bertz CT molecular complexity index is 1140. The number of nitrogens with one attached hydrogen (secondary N) is 1. The molecular weight excluding hydrogens is 471 g/mol. The Morgan fingerprint density at radius 2 is 1.70 bits per heavy atom. The highest BCUT2D eigenvalue weighted by molar-refractivity contribution is 6.40. The third-order valence-corrected chi connectivity index (χ3v) is 5.10. The van der Waals surface area contributed by atoms with E-state index in [2.05, 4.69) is 10.1 Å². The van der Waals surface area contributed by atoms with E-state index in [9.17, 15) is 19.2 Å². The van der Waals surface area contributed by atoms with Crippen molar-refractivity contribution < 1.29 is 28.7 Å². The lowest BCUT2D eigenvalue weighted by Crippen LogP contribution is -2.54. The van der Waals surface area contributed by atoms with Crippen LogP contribution < -0.4 is 15.0 Å². The highest BCUT2D eigenvalue weighted by Gasteiger charge is 2.37. The number of methoxy groups -OCH3 is 1. The largest absolute Gasteiger partial charge is 0.490 e. The summed E-state index contributed by atoms with van der Waals surface area (Å²) in [5.41, 5.74) is 0.476. The van der Waals surface area contributed by atoms with Gasteiger partial charge in [-0.3, -0.25) is 14.9 Å². The quantitative estimate of drug-likeness (QED) is 0.363. The van der Waals surface area contributed by atoms with Crippen LogP contribution in [0, 0.1) is 5.92 Å². The minimum atomic E-state index is -0.915. The van der Waals surface area contributed by atoms with Gasteiger partial charge in [0.1, 0.15) is 5.57 Å². The number of anilines is 1. The minimum Gasteiger partial charge on any atom is -0.490 e. The van der Waals surface area contributed by atoms with Crippen LogP contribution in [-0.4, -0.2) is 37.5 Å². The van der Waals surface area contributed by atoms with Crippen molar-refractivity contribution in [1.29, 1.82) is 0 Å². The topological polar surface area (TPSA) is 102 Å². The van der Waals surface area contributed by atoms with Gasteiger partial charge in [-0.1, -0.05) is 37.0 Å². The molecule has 33 heavy (non-hydrogen) atoms. The summed E-state index contributed by atoms with van der Waals surface area (Å²) in [5, 5.41) is 2.55. The molecule has 3 rings (SSSR count). The smallest absolute Gasteiger partial charge is 0.337 e. The number of hydrogen-bond donors (Lipinski definition) is 1. The van der Waals surface area contributed by atoms with Crippen molar-refractivity contribution in [3.63, 3.8) is 0 Å². The molecule has 0 bridgehead atoms. The number of nitrogens with zero attached hydrogens (tertiary/aromatic N) is 1. The van der Waals surface area contributed by atoms with Gasteiger partial charge in [-0.15, -0.1) is 0 Å². The summed E-state index contributed by atoms with van der Waals surface area (Å²) in [7, 11) is 1.24. The average Bonchev–Trinajstić information content (AvgIpc) is 2.75. The van der Waals surface area contributed by atoms with Gasteiger partial charge in [0.2, 0.25) is 0 Å². The molecule has 2 aromatic carbocycles. The first-order valence-electron chi connectivity index (χ1n) is 9.84. The molecule has 1 aliphatic rings. The molecule has 8 nitrogen and oxygen atoms in total. The Kier molecular flexibility index (Phi) is 7.40. The van der Waals surface area contributed by atoms with Crippen LogP contribution in [0.5, 0.6) is 5.75 Å². The number of halogens is 2. The first-order valence-corrected chi connectivity index (χ1v) is 10.6. The summed E-state index contributed by atoms with van der Waals surface area (Å²) in [5.74, 6) is -1.72. The van der Waals surface area contributed by atoms with Crippen molar-refractivity contribution in [1.82, 2.24) is 5.32 Å². The third-order valence-electron chi connectivity index (χ3n) is 4.54. The van der Waals surface area contributed by atoms with E-state index in [0.717, 1.165) is 4.90 Å². The number of ether oxygens (including phenoxy) is 2. The van der Waals surface area contributed by atoms with Crippen molar-refractivity contribution in [2.75, 3.05) is 18.6 Å². The summed E-state index contributed by atoms with van der Waals surface area (Å²) >= 11 is 12.6. The van der Waals surface area contributed by atoms with E-state index in [4.69, 9.17) is 27.9 Å². The Balaban J connectivity index is 1.93. The van der Waals surface area contributed by atoms with Gasteiger partial charge in [0, 0.05) is 0 Å². The van der Waals surface area contributed by atoms with E-state index in [0.29, 0.717) is 17.9 Å². The van der Waals surface area contributed by atoms with Crippen LogP contribution >= 0.6 is 23.2 Å². The van der Waals surface area contributed by atoms with Crippen molar-refractivity contribution in [3.8, 4) is 5.75 Å². The summed E-state index contributed by atoms with van der Waals surface area (Å²) < 4.78 is 10.3. The average molecular weight is 491 g/mol. The first-order chi connectivity index (χ1) is 15.6. The molecule has 4 amide bonds. The molecule has 1 aliphatic heterocycles. The lowest BCUT2D eigenvalue weighted by Gasteiger charge is -2.26. The number of carbonyl (C=O) groups excluding carboxylic acids is 4. The highest BCUT2D eigenvalue weighted by atomic mass is 35.5. The van der Waals surface area contributed by atoms with Gasteiger partial charge in [0.25, 0.3) is 11.8 Å². The molecule has 1 saturated heterocycles. The van der Waals surface area contributed by atoms with Gasteiger partial charge < -0.3 is 9.47 Å². The maximum absolute atomic E-state index is 13.0. The van der Waals surface area contributed by atoms with Crippen LogP contribution in [0.3, 0.4) is 0 Å². The molecule has 1 fully saturated rings. The summed E-state index contributed by atoms with van der Waals surface area (Å²) in [6, 6.07) is 7.68. The molecule has 1 N–H and O–H groups in total. The van der Waals surface area contributed by atoms with Crippen molar-refractivity contribution >= 4 is 58.8 Å². The van der Waals surface area contributed by atoms with E-state index in [-0.39, 0.29) is 32.8 Å². The maximum Gasteiger partial charge on any atom is 0.337 e. The van der Waals surface area contributed by atoms with E-state index >= 15 is 0 Å². The van der Waals surface area contributed by atoms with Crippen molar-refractivity contribution in [3.05, 3.63) is 63.1 Å². The molecule has 10 heteroatoms. The van der Waals surface area contributed by atoms with Crippen molar-refractivity contribution in [2.24, 2.45) is 5.92 Å². The van der Waals surface area contributed by atoms with Crippen LogP contribution in [0.1, 0.15) is 29.8 Å². The number of carbonyl (C=O) groups is 4. The van der Waals surface area contributed by atoms with Crippen LogP contribution in [0.2, 0.25) is 10.0 Å².